The zero-order valence-electron chi connectivity index (χ0n) is 12.0. The van der Waals surface area contributed by atoms with Gasteiger partial charge >= 0.3 is 0 Å². The van der Waals surface area contributed by atoms with Crippen LogP contribution in [-0.4, -0.2) is 31.7 Å². The summed E-state index contributed by atoms with van der Waals surface area (Å²) in [6.45, 7) is 5.47. The monoisotopic (exact) mass is 315 g/mol. The molecule has 1 heterocycles. The number of alkyl halides is 1. The molecule has 2 rings (SSSR count). The third-order valence-corrected chi connectivity index (χ3v) is 5.81. The van der Waals surface area contributed by atoms with Gasteiger partial charge in [-0.05, 0) is 42.4 Å². The second kappa shape index (κ2) is 6.46. The first-order valence-corrected chi connectivity index (χ1v) is 9.06. The third kappa shape index (κ3) is 3.54. The summed E-state index contributed by atoms with van der Waals surface area (Å²) >= 11 is 5.69. The maximum absolute atomic E-state index is 12.6. The van der Waals surface area contributed by atoms with E-state index in [1.807, 2.05) is 12.1 Å². The number of rotatable bonds is 4. The Kier molecular flexibility index (Phi) is 5.10. The van der Waals surface area contributed by atoms with E-state index in [0.29, 0.717) is 35.7 Å². The molecule has 5 heteroatoms. The van der Waals surface area contributed by atoms with Crippen molar-refractivity contribution in [2.24, 2.45) is 11.8 Å². The molecule has 2 atom stereocenters. The first kappa shape index (κ1) is 15.8. The summed E-state index contributed by atoms with van der Waals surface area (Å²) in [6, 6.07) is 7.10. The number of piperidine rings is 1. The molecule has 0 radical (unpaired) electrons. The molecule has 2 unspecified atom stereocenters. The molecule has 3 nitrogen and oxygen atoms in total. The van der Waals surface area contributed by atoms with E-state index < -0.39 is 10.0 Å². The average molecular weight is 316 g/mol. The van der Waals surface area contributed by atoms with Gasteiger partial charge in [-0.3, -0.25) is 0 Å². The number of hydrogen-bond acceptors (Lipinski definition) is 2. The Labute approximate surface area is 127 Å². The molecular weight excluding hydrogens is 294 g/mol. The van der Waals surface area contributed by atoms with Crippen LogP contribution in [0.15, 0.2) is 29.2 Å². The number of sulfonamides is 1. The minimum Gasteiger partial charge on any atom is -0.207 e. The van der Waals surface area contributed by atoms with Gasteiger partial charge < -0.3 is 0 Å². The highest BCUT2D eigenvalue weighted by Gasteiger charge is 2.31. The van der Waals surface area contributed by atoms with Crippen molar-refractivity contribution in [2.45, 2.75) is 31.6 Å². The minimum absolute atomic E-state index is 0.386. The lowest BCUT2D eigenvalue weighted by atomic mass is 9.94. The fraction of sp³-hybridized carbons (Fsp3) is 0.600. The zero-order chi connectivity index (χ0) is 14.8. The van der Waals surface area contributed by atoms with Crippen LogP contribution < -0.4 is 0 Å². The van der Waals surface area contributed by atoms with Crippen LogP contribution in [0.5, 0.6) is 0 Å². The lowest BCUT2D eigenvalue weighted by Gasteiger charge is -2.34. The first-order valence-electron chi connectivity index (χ1n) is 7.08. The van der Waals surface area contributed by atoms with Crippen molar-refractivity contribution in [1.29, 1.82) is 0 Å². The Morgan fingerprint density at radius 2 is 1.70 bits per heavy atom. The van der Waals surface area contributed by atoms with Gasteiger partial charge in [0.15, 0.2) is 0 Å². The standard InChI is InChI=1S/C15H22ClNO2S/c1-12-9-13(2)11-17(10-12)20(18,19)15-5-3-14(4-6-15)7-8-16/h3-6,12-13H,7-11H2,1-2H3. The van der Waals surface area contributed by atoms with Crippen LogP contribution in [0.3, 0.4) is 0 Å². The molecule has 0 N–H and O–H groups in total. The van der Waals surface area contributed by atoms with Crippen molar-refractivity contribution in [2.75, 3.05) is 19.0 Å². The van der Waals surface area contributed by atoms with Crippen molar-refractivity contribution < 1.29 is 8.42 Å². The number of nitrogens with zero attached hydrogens (tertiary/aromatic N) is 1. The van der Waals surface area contributed by atoms with E-state index >= 15 is 0 Å². The van der Waals surface area contributed by atoms with Gasteiger partial charge in [0.1, 0.15) is 0 Å². The fourth-order valence-corrected chi connectivity index (χ4v) is 4.79. The summed E-state index contributed by atoms with van der Waals surface area (Å²) in [5.41, 5.74) is 1.07. The number of benzene rings is 1. The lowest BCUT2D eigenvalue weighted by molar-refractivity contribution is 0.222. The molecule has 20 heavy (non-hydrogen) atoms. The molecule has 1 aromatic carbocycles. The summed E-state index contributed by atoms with van der Waals surface area (Å²) in [4.78, 5) is 0.386. The summed E-state index contributed by atoms with van der Waals surface area (Å²) in [6.07, 6.45) is 1.86. The molecule has 1 aromatic rings. The summed E-state index contributed by atoms with van der Waals surface area (Å²) < 4.78 is 26.9. The second-order valence-electron chi connectivity index (χ2n) is 5.85. The van der Waals surface area contributed by atoms with Gasteiger partial charge in [-0.1, -0.05) is 26.0 Å². The van der Waals surface area contributed by atoms with Crippen LogP contribution >= 0.6 is 11.6 Å². The molecule has 1 aliphatic rings. The molecule has 0 spiro atoms. The van der Waals surface area contributed by atoms with Gasteiger partial charge in [-0.25, -0.2) is 8.42 Å². The van der Waals surface area contributed by atoms with E-state index in [1.165, 1.54) is 0 Å². The predicted molar refractivity (Wildman–Crippen MR) is 82.6 cm³/mol. The molecule has 1 fully saturated rings. The molecular formula is C15H22ClNO2S. The first-order chi connectivity index (χ1) is 9.43. The van der Waals surface area contributed by atoms with Gasteiger partial charge in [0.05, 0.1) is 4.90 Å². The van der Waals surface area contributed by atoms with Gasteiger partial charge in [0.25, 0.3) is 0 Å². The van der Waals surface area contributed by atoms with Gasteiger partial charge in [-0.2, -0.15) is 4.31 Å². The van der Waals surface area contributed by atoms with E-state index in [-0.39, 0.29) is 0 Å². The maximum atomic E-state index is 12.6. The SMILES string of the molecule is CC1CC(C)CN(S(=O)(=O)c2ccc(CCCl)cc2)C1. The van der Waals surface area contributed by atoms with Crippen LogP contribution in [0.1, 0.15) is 25.8 Å². The third-order valence-electron chi connectivity index (χ3n) is 3.78. The second-order valence-corrected chi connectivity index (χ2v) is 8.17. The van der Waals surface area contributed by atoms with Crippen molar-refractivity contribution in [3.8, 4) is 0 Å². The molecule has 0 saturated carbocycles. The molecule has 1 aliphatic heterocycles. The predicted octanol–water partition coefficient (Wildman–Crippen LogP) is 3.13. The largest absolute Gasteiger partial charge is 0.243 e. The average Bonchev–Trinajstić information content (AvgIpc) is 2.38. The van der Waals surface area contributed by atoms with Crippen molar-refractivity contribution in [3.63, 3.8) is 0 Å². The van der Waals surface area contributed by atoms with Gasteiger partial charge in [0, 0.05) is 19.0 Å². The van der Waals surface area contributed by atoms with Crippen LogP contribution in [0, 0.1) is 11.8 Å². The molecule has 0 amide bonds. The van der Waals surface area contributed by atoms with E-state index in [1.54, 1.807) is 16.4 Å². The Bertz CT molecular complexity index is 531. The van der Waals surface area contributed by atoms with Crippen LogP contribution in [0.2, 0.25) is 0 Å². The molecule has 0 bridgehead atoms. The molecule has 0 aromatic heterocycles. The Hall–Kier alpha value is -0.580. The molecule has 1 saturated heterocycles. The number of hydrogen-bond donors (Lipinski definition) is 0. The van der Waals surface area contributed by atoms with Crippen LogP contribution in [-0.2, 0) is 16.4 Å². The number of halogens is 1. The number of aryl methyl sites for hydroxylation is 1. The highest BCUT2D eigenvalue weighted by Crippen LogP contribution is 2.26. The van der Waals surface area contributed by atoms with E-state index in [4.69, 9.17) is 11.6 Å². The minimum atomic E-state index is -3.36. The van der Waals surface area contributed by atoms with Crippen molar-refractivity contribution >= 4 is 21.6 Å². The van der Waals surface area contributed by atoms with E-state index in [2.05, 4.69) is 13.8 Å². The van der Waals surface area contributed by atoms with E-state index in [9.17, 15) is 8.42 Å². The van der Waals surface area contributed by atoms with E-state index in [0.717, 1.165) is 18.4 Å². The molecule has 0 aliphatic carbocycles. The van der Waals surface area contributed by atoms with Gasteiger partial charge in [-0.15, -0.1) is 11.6 Å². The lowest BCUT2D eigenvalue weighted by Crippen LogP contribution is -2.42. The zero-order valence-corrected chi connectivity index (χ0v) is 13.6. The van der Waals surface area contributed by atoms with Crippen LogP contribution in [0.25, 0.3) is 0 Å². The maximum Gasteiger partial charge on any atom is 0.243 e. The normalized spacial score (nSPS) is 24.8. The quantitative estimate of drug-likeness (QED) is 0.801. The Morgan fingerprint density at radius 3 is 2.20 bits per heavy atom. The topological polar surface area (TPSA) is 37.4 Å². The van der Waals surface area contributed by atoms with Gasteiger partial charge in [0.2, 0.25) is 10.0 Å². The highest BCUT2D eigenvalue weighted by molar-refractivity contribution is 7.89. The Balaban J connectivity index is 2.21. The van der Waals surface area contributed by atoms with Crippen molar-refractivity contribution in [1.82, 2.24) is 4.31 Å². The fourth-order valence-electron chi connectivity index (χ4n) is 2.89. The summed E-state index contributed by atoms with van der Waals surface area (Å²) in [7, 11) is -3.36. The smallest absolute Gasteiger partial charge is 0.207 e. The Morgan fingerprint density at radius 1 is 1.15 bits per heavy atom. The highest BCUT2D eigenvalue weighted by atomic mass is 35.5. The summed E-state index contributed by atoms with van der Waals surface area (Å²) in [5.74, 6) is 1.39. The molecule has 112 valence electrons. The van der Waals surface area contributed by atoms with Crippen LogP contribution in [0.4, 0.5) is 0 Å². The summed E-state index contributed by atoms with van der Waals surface area (Å²) in [5, 5.41) is 0. The van der Waals surface area contributed by atoms with Crippen molar-refractivity contribution in [3.05, 3.63) is 29.8 Å².